The molecule has 2 heterocycles. The summed E-state index contributed by atoms with van der Waals surface area (Å²) in [5.74, 6) is 0.643. The number of hydrogen-bond donors (Lipinski definition) is 0. The van der Waals surface area contributed by atoms with E-state index in [-0.39, 0.29) is 4.87 Å². The smallest absolute Gasteiger partial charge is 0.0752 e. The molecule has 0 radical (unpaired) electrons. The van der Waals surface area contributed by atoms with Gasteiger partial charge in [-0.25, -0.2) is 0 Å². The van der Waals surface area contributed by atoms with E-state index in [4.69, 9.17) is 11.6 Å². The number of benzene rings is 1. The first-order valence-corrected chi connectivity index (χ1v) is 9.17. The number of rotatable bonds is 1. The first-order valence-electron chi connectivity index (χ1n) is 8.79. The zero-order valence-electron chi connectivity index (χ0n) is 12.8. The Bertz CT molecular complexity index is 488. The Labute approximate surface area is 133 Å². The van der Waals surface area contributed by atoms with Gasteiger partial charge in [-0.2, -0.15) is 0 Å². The van der Waals surface area contributed by atoms with Crippen molar-refractivity contribution in [1.29, 1.82) is 0 Å². The highest BCUT2D eigenvalue weighted by molar-refractivity contribution is 6.24. The van der Waals surface area contributed by atoms with Crippen LogP contribution in [0.4, 0.5) is 0 Å². The number of nitrogens with zero attached hydrogens (tertiary/aromatic N) is 1. The lowest BCUT2D eigenvalue weighted by Crippen LogP contribution is -2.60. The first-order chi connectivity index (χ1) is 10.3. The molecule has 0 bridgehead atoms. The van der Waals surface area contributed by atoms with E-state index in [1.807, 2.05) is 0 Å². The molecule has 1 nitrogen and oxygen atoms in total. The van der Waals surface area contributed by atoms with E-state index in [9.17, 15) is 0 Å². The Balaban J connectivity index is 1.72. The van der Waals surface area contributed by atoms with E-state index in [0.29, 0.717) is 5.92 Å². The molecule has 3 fully saturated rings. The van der Waals surface area contributed by atoms with E-state index < -0.39 is 0 Å². The van der Waals surface area contributed by atoms with Crippen LogP contribution in [0.3, 0.4) is 0 Å². The van der Waals surface area contributed by atoms with Gasteiger partial charge >= 0.3 is 0 Å². The van der Waals surface area contributed by atoms with Crippen molar-refractivity contribution in [3.8, 4) is 0 Å². The average molecular weight is 304 g/mol. The van der Waals surface area contributed by atoms with E-state index in [2.05, 4.69) is 35.2 Å². The topological polar surface area (TPSA) is 3.24 Å². The predicted molar refractivity (Wildman–Crippen MR) is 88.7 cm³/mol. The summed E-state index contributed by atoms with van der Waals surface area (Å²) in [4.78, 5) is 2.72. The van der Waals surface area contributed by atoms with Crippen LogP contribution in [0.1, 0.15) is 56.9 Å². The van der Waals surface area contributed by atoms with Crippen LogP contribution in [0.25, 0.3) is 0 Å². The summed E-state index contributed by atoms with van der Waals surface area (Å²) in [6.07, 6.45) is 10.7. The van der Waals surface area contributed by atoms with Gasteiger partial charge in [-0.1, -0.05) is 49.6 Å². The summed E-state index contributed by atoms with van der Waals surface area (Å²) in [6.45, 7) is 1.31. The lowest BCUT2D eigenvalue weighted by atomic mass is 9.65. The Morgan fingerprint density at radius 1 is 0.952 bits per heavy atom. The molecule has 1 saturated carbocycles. The fourth-order valence-corrected chi connectivity index (χ4v) is 5.82. The highest BCUT2D eigenvalue weighted by Crippen LogP contribution is 2.54. The average Bonchev–Trinajstić information content (AvgIpc) is 2.56. The van der Waals surface area contributed by atoms with Crippen molar-refractivity contribution in [1.82, 2.24) is 4.90 Å². The number of hydrogen-bond acceptors (Lipinski definition) is 1. The van der Waals surface area contributed by atoms with Crippen molar-refractivity contribution in [3.63, 3.8) is 0 Å². The van der Waals surface area contributed by atoms with E-state index in [1.54, 1.807) is 0 Å². The molecule has 0 N–H and O–H groups in total. The molecule has 0 unspecified atom stereocenters. The molecule has 2 aliphatic heterocycles. The molecule has 1 aromatic carbocycles. The molecule has 0 aromatic heterocycles. The number of fused-ring (bicyclic) bond motifs is 3. The molecule has 2 saturated heterocycles. The van der Waals surface area contributed by atoms with Crippen LogP contribution in [-0.2, 0) is 4.87 Å². The zero-order valence-corrected chi connectivity index (χ0v) is 13.6. The maximum atomic E-state index is 7.37. The lowest BCUT2D eigenvalue weighted by Gasteiger charge is -2.57. The molecule has 2 heteroatoms. The maximum absolute atomic E-state index is 7.37. The molecule has 1 aliphatic carbocycles. The summed E-state index contributed by atoms with van der Waals surface area (Å²) in [5, 5.41) is 0. The molecule has 1 aromatic rings. The molecule has 114 valence electrons. The fraction of sp³-hybridized carbons (Fsp3) is 0.684. The van der Waals surface area contributed by atoms with Gasteiger partial charge in [0.1, 0.15) is 0 Å². The Hall–Kier alpha value is -0.530. The number of halogens is 1. The molecular formula is C19H26ClN. The standard InChI is InChI=1S/C19H26ClN/c20-19(15-8-2-1-3-9-15)14-16-10-6-7-13-21(16)18-12-5-4-11-17(18)19/h1-3,8-9,16-18H,4-7,10-14H2/t16-,17+,18+,19-/m0/s1. The molecular weight excluding hydrogens is 278 g/mol. The second kappa shape index (κ2) is 5.59. The van der Waals surface area contributed by atoms with Gasteiger partial charge in [-0.15, -0.1) is 11.6 Å². The van der Waals surface area contributed by atoms with Gasteiger partial charge in [0, 0.05) is 12.1 Å². The van der Waals surface area contributed by atoms with Gasteiger partial charge in [-0.05, 0) is 50.1 Å². The van der Waals surface area contributed by atoms with Crippen molar-refractivity contribution in [2.45, 2.75) is 68.3 Å². The van der Waals surface area contributed by atoms with Gasteiger partial charge in [-0.3, -0.25) is 4.90 Å². The third kappa shape index (κ3) is 2.33. The second-order valence-electron chi connectivity index (χ2n) is 7.28. The van der Waals surface area contributed by atoms with E-state index >= 15 is 0 Å². The van der Waals surface area contributed by atoms with Gasteiger partial charge in [0.25, 0.3) is 0 Å². The van der Waals surface area contributed by atoms with Crippen molar-refractivity contribution < 1.29 is 0 Å². The second-order valence-corrected chi connectivity index (χ2v) is 7.95. The van der Waals surface area contributed by atoms with Crippen molar-refractivity contribution in [2.24, 2.45) is 5.92 Å². The highest BCUT2D eigenvalue weighted by atomic mass is 35.5. The van der Waals surface area contributed by atoms with E-state index in [0.717, 1.165) is 18.5 Å². The van der Waals surface area contributed by atoms with Gasteiger partial charge in [0.2, 0.25) is 0 Å². The minimum Gasteiger partial charge on any atom is -0.297 e. The molecule has 4 rings (SSSR count). The van der Waals surface area contributed by atoms with Gasteiger partial charge in [0.15, 0.2) is 0 Å². The quantitative estimate of drug-likeness (QED) is 0.664. The van der Waals surface area contributed by atoms with Crippen LogP contribution < -0.4 is 0 Å². The van der Waals surface area contributed by atoms with E-state index in [1.165, 1.54) is 57.1 Å². The van der Waals surface area contributed by atoms with Crippen LogP contribution in [-0.4, -0.2) is 23.5 Å². The number of piperidine rings is 2. The molecule has 0 spiro atoms. The monoisotopic (exact) mass is 303 g/mol. The van der Waals surface area contributed by atoms with Crippen molar-refractivity contribution >= 4 is 11.6 Å². The van der Waals surface area contributed by atoms with Crippen LogP contribution in [0, 0.1) is 5.92 Å². The first kappa shape index (κ1) is 14.1. The predicted octanol–water partition coefficient (Wildman–Crippen LogP) is 4.94. The summed E-state index contributed by atoms with van der Waals surface area (Å²) in [6, 6.07) is 12.4. The number of alkyl halides is 1. The highest BCUT2D eigenvalue weighted by Gasteiger charge is 2.52. The minimum atomic E-state index is -0.120. The summed E-state index contributed by atoms with van der Waals surface area (Å²) in [5.41, 5.74) is 1.37. The third-order valence-electron chi connectivity index (χ3n) is 6.20. The molecule has 3 aliphatic rings. The lowest BCUT2D eigenvalue weighted by molar-refractivity contribution is -0.0301. The Morgan fingerprint density at radius 2 is 1.71 bits per heavy atom. The third-order valence-corrected chi connectivity index (χ3v) is 6.86. The van der Waals surface area contributed by atoms with Gasteiger partial charge in [0.05, 0.1) is 4.87 Å². The van der Waals surface area contributed by atoms with Crippen LogP contribution in [0.15, 0.2) is 30.3 Å². The van der Waals surface area contributed by atoms with Gasteiger partial charge < -0.3 is 0 Å². The molecule has 4 atom stereocenters. The minimum absolute atomic E-state index is 0.120. The largest absolute Gasteiger partial charge is 0.297 e. The Morgan fingerprint density at radius 3 is 2.57 bits per heavy atom. The Kier molecular flexibility index (Phi) is 3.75. The summed E-state index contributed by atoms with van der Waals surface area (Å²) >= 11 is 7.37. The van der Waals surface area contributed by atoms with Crippen LogP contribution in [0.2, 0.25) is 0 Å². The molecule has 21 heavy (non-hydrogen) atoms. The van der Waals surface area contributed by atoms with Crippen LogP contribution in [0.5, 0.6) is 0 Å². The zero-order chi connectivity index (χ0) is 14.3. The fourth-order valence-electron chi connectivity index (χ4n) is 5.26. The maximum Gasteiger partial charge on any atom is 0.0752 e. The van der Waals surface area contributed by atoms with Crippen molar-refractivity contribution in [2.75, 3.05) is 6.54 Å². The van der Waals surface area contributed by atoms with Crippen molar-refractivity contribution in [3.05, 3.63) is 35.9 Å². The normalized spacial score (nSPS) is 40.3. The summed E-state index contributed by atoms with van der Waals surface area (Å²) < 4.78 is 0. The SMILES string of the molecule is Cl[C@]1(c2ccccc2)C[C@@H]2CCCCN2[C@@H]2CCCC[C@H]21. The summed E-state index contributed by atoms with van der Waals surface area (Å²) in [7, 11) is 0. The van der Waals surface area contributed by atoms with Crippen LogP contribution >= 0.6 is 11.6 Å². The molecule has 0 amide bonds.